The summed E-state index contributed by atoms with van der Waals surface area (Å²) >= 11 is 0. The lowest BCUT2D eigenvalue weighted by molar-refractivity contribution is 0.0693. The van der Waals surface area contributed by atoms with Crippen LogP contribution in [0, 0.1) is 11.6 Å². The van der Waals surface area contributed by atoms with Crippen LogP contribution < -0.4 is 0 Å². The number of halogens is 2. The van der Waals surface area contributed by atoms with Gasteiger partial charge in [-0.2, -0.15) is 4.31 Å². The molecule has 3 rings (SSSR count). The lowest BCUT2D eigenvalue weighted by atomic mass is 10.1. The van der Waals surface area contributed by atoms with E-state index in [0.29, 0.717) is 0 Å². The molecule has 1 amide bonds. The zero-order chi connectivity index (χ0) is 18.0. The van der Waals surface area contributed by atoms with E-state index in [0.717, 1.165) is 12.1 Å². The second kappa shape index (κ2) is 6.89. The van der Waals surface area contributed by atoms with Crippen molar-refractivity contribution in [3.8, 4) is 0 Å². The van der Waals surface area contributed by atoms with E-state index in [1.165, 1.54) is 39.5 Å². The molecule has 25 heavy (non-hydrogen) atoms. The quantitative estimate of drug-likeness (QED) is 0.836. The Bertz CT molecular complexity index is 877. The van der Waals surface area contributed by atoms with Crippen molar-refractivity contribution in [3.05, 3.63) is 65.7 Å². The highest BCUT2D eigenvalue weighted by molar-refractivity contribution is 7.89. The molecular weight excluding hydrogens is 350 g/mol. The van der Waals surface area contributed by atoms with Gasteiger partial charge < -0.3 is 4.90 Å². The van der Waals surface area contributed by atoms with Crippen molar-refractivity contribution in [2.24, 2.45) is 0 Å². The van der Waals surface area contributed by atoms with Crippen LogP contribution in [0.4, 0.5) is 8.78 Å². The minimum Gasteiger partial charge on any atom is -0.336 e. The second-order valence-electron chi connectivity index (χ2n) is 5.63. The fourth-order valence-electron chi connectivity index (χ4n) is 2.69. The van der Waals surface area contributed by atoms with Crippen LogP contribution in [0.15, 0.2) is 53.4 Å². The Morgan fingerprint density at radius 1 is 0.880 bits per heavy atom. The molecule has 2 aromatic carbocycles. The first kappa shape index (κ1) is 17.5. The highest BCUT2D eigenvalue weighted by Gasteiger charge is 2.31. The SMILES string of the molecule is O=C(c1ccccc1F)N1CCN(S(=O)(=O)c2ccc(F)cc2)CC1. The lowest BCUT2D eigenvalue weighted by Gasteiger charge is -2.34. The molecule has 1 aliphatic heterocycles. The van der Waals surface area contributed by atoms with E-state index in [1.807, 2.05) is 0 Å². The van der Waals surface area contributed by atoms with Gasteiger partial charge in [0.2, 0.25) is 10.0 Å². The average molecular weight is 366 g/mol. The van der Waals surface area contributed by atoms with Crippen molar-refractivity contribution in [1.29, 1.82) is 0 Å². The first-order valence-corrected chi connectivity index (χ1v) is 9.13. The summed E-state index contributed by atoms with van der Waals surface area (Å²) in [6.45, 7) is 0.515. The van der Waals surface area contributed by atoms with Crippen LogP contribution in [-0.4, -0.2) is 49.7 Å². The zero-order valence-electron chi connectivity index (χ0n) is 13.2. The molecule has 0 N–H and O–H groups in total. The van der Waals surface area contributed by atoms with Gasteiger partial charge in [0.25, 0.3) is 5.91 Å². The van der Waals surface area contributed by atoms with Crippen LogP contribution in [0.2, 0.25) is 0 Å². The number of benzene rings is 2. The molecule has 1 fully saturated rings. The number of rotatable bonds is 3. The summed E-state index contributed by atoms with van der Waals surface area (Å²) in [7, 11) is -3.75. The third kappa shape index (κ3) is 3.54. The molecule has 0 bridgehead atoms. The van der Waals surface area contributed by atoms with Gasteiger partial charge in [0.15, 0.2) is 0 Å². The standard InChI is InChI=1S/C17H16F2N2O3S/c18-13-5-7-14(8-6-13)25(23,24)21-11-9-20(10-12-21)17(22)15-3-1-2-4-16(15)19/h1-8H,9-12H2. The van der Waals surface area contributed by atoms with Gasteiger partial charge >= 0.3 is 0 Å². The number of hydrogen-bond acceptors (Lipinski definition) is 3. The molecule has 132 valence electrons. The van der Waals surface area contributed by atoms with Gasteiger partial charge in [-0.15, -0.1) is 0 Å². The topological polar surface area (TPSA) is 57.7 Å². The van der Waals surface area contributed by atoms with Crippen LogP contribution in [0.25, 0.3) is 0 Å². The number of carbonyl (C=O) groups is 1. The number of carbonyl (C=O) groups excluding carboxylic acids is 1. The molecular formula is C17H16F2N2O3S. The fraction of sp³-hybridized carbons (Fsp3) is 0.235. The van der Waals surface area contributed by atoms with Gasteiger partial charge in [0, 0.05) is 26.2 Å². The second-order valence-corrected chi connectivity index (χ2v) is 7.57. The lowest BCUT2D eigenvalue weighted by Crippen LogP contribution is -2.50. The predicted octanol–water partition coefficient (Wildman–Crippen LogP) is 2.11. The van der Waals surface area contributed by atoms with E-state index >= 15 is 0 Å². The minimum absolute atomic E-state index is 0.00257. The van der Waals surface area contributed by atoms with Crippen LogP contribution in [0.1, 0.15) is 10.4 Å². The number of sulfonamides is 1. The van der Waals surface area contributed by atoms with Gasteiger partial charge in [-0.3, -0.25) is 4.79 Å². The summed E-state index contributed by atoms with van der Waals surface area (Å²) < 4.78 is 53.0. The van der Waals surface area contributed by atoms with E-state index in [1.54, 1.807) is 6.07 Å². The summed E-state index contributed by atoms with van der Waals surface area (Å²) in [4.78, 5) is 13.8. The van der Waals surface area contributed by atoms with Crippen molar-refractivity contribution >= 4 is 15.9 Å². The van der Waals surface area contributed by atoms with Gasteiger partial charge in [0.05, 0.1) is 10.5 Å². The van der Waals surface area contributed by atoms with E-state index in [4.69, 9.17) is 0 Å². The Labute approximate surface area is 144 Å². The van der Waals surface area contributed by atoms with Gasteiger partial charge in [-0.1, -0.05) is 12.1 Å². The van der Waals surface area contributed by atoms with Crippen molar-refractivity contribution in [1.82, 2.24) is 9.21 Å². The summed E-state index contributed by atoms with van der Waals surface area (Å²) in [6, 6.07) is 10.3. The first-order chi connectivity index (χ1) is 11.9. The molecule has 0 saturated carbocycles. The Kier molecular flexibility index (Phi) is 4.82. The molecule has 5 nitrogen and oxygen atoms in total. The maximum Gasteiger partial charge on any atom is 0.256 e. The Morgan fingerprint density at radius 3 is 2.08 bits per heavy atom. The van der Waals surface area contributed by atoms with Crippen molar-refractivity contribution < 1.29 is 22.0 Å². The average Bonchev–Trinajstić information content (AvgIpc) is 2.62. The molecule has 1 saturated heterocycles. The van der Waals surface area contributed by atoms with Gasteiger partial charge in [-0.25, -0.2) is 17.2 Å². The molecule has 1 aliphatic rings. The van der Waals surface area contributed by atoms with Crippen LogP contribution in [-0.2, 0) is 10.0 Å². The highest BCUT2D eigenvalue weighted by atomic mass is 32.2. The molecule has 0 aliphatic carbocycles. The minimum atomic E-state index is -3.75. The van der Waals surface area contributed by atoms with Crippen molar-refractivity contribution in [2.45, 2.75) is 4.90 Å². The van der Waals surface area contributed by atoms with E-state index in [-0.39, 0.29) is 36.6 Å². The van der Waals surface area contributed by atoms with E-state index < -0.39 is 27.6 Å². The number of hydrogen-bond donors (Lipinski definition) is 0. The largest absolute Gasteiger partial charge is 0.336 e. The number of amides is 1. The smallest absolute Gasteiger partial charge is 0.256 e. The molecule has 0 radical (unpaired) electrons. The highest BCUT2D eigenvalue weighted by Crippen LogP contribution is 2.19. The van der Waals surface area contributed by atoms with Crippen molar-refractivity contribution in [3.63, 3.8) is 0 Å². The van der Waals surface area contributed by atoms with Crippen LogP contribution in [0.3, 0.4) is 0 Å². The Hall–Kier alpha value is -2.32. The molecule has 0 aromatic heterocycles. The molecule has 2 aromatic rings. The third-order valence-corrected chi connectivity index (χ3v) is 5.99. The summed E-state index contributed by atoms with van der Waals surface area (Å²) in [5.41, 5.74) is -0.0302. The fourth-order valence-corrected chi connectivity index (χ4v) is 4.11. The number of nitrogens with zero attached hydrogens (tertiary/aromatic N) is 2. The summed E-state index contributed by atoms with van der Waals surface area (Å²) in [6.07, 6.45) is 0. The molecule has 1 heterocycles. The monoisotopic (exact) mass is 366 g/mol. The van der Waals surface area contributed by atoms with Crippen LogP contribution >= 0.6 is 0 Å². The third-order valence-electron chi connectivity index (χ3n) is 4.08. The summed E-state index contributed by atoms with van der Waals surface area (Å²) in [5, 5.41) is 0. The molecule has 0 unspecified atom stereocenters. The molecule has 8 heteroatoms. The van der Waals surface area contributed by atoms with Gasteiger partial charge in [-0.05, 0) is 36.4 Å². The maximum atomic E-state index is 13.7. The normalized spacial score (nSPS) is 16.0. The van der Waals surface area contributed by atoms with Crippen LogP contribution in [0.5, 0.6) is 0 Å². The summed E-state index contributed by atoms with van der Waals surface area (Å²) in [5.74, 6) is -1.58. The molecule has 0 spiro atoms. The van der Waals surface area contributed by atoms with Crippen molar-refractivity contribution in [2.75, 3.05) is 26.2 Å². The van der Waals surface area contributed by atoms with E-state index in [9.17, 15) is 22.0 Å². The predicted molar refractivity (Wildman–Crippen MR) is 87.5 cm³/mol. The Morgan fingerprint density at radius 2 is 1.48 bits per heavy atom. The molecule has 0 atom stereocenters. The zero-order valence-corrected chi connectivity index (χ0v) is 14.0. The Balaban J connectivity index is 1.70. The first-order valence-electron chi connectivity index (χ1n) is 7.69. The maximum absolute atomic E-state index is 13.7. The van der Waals surface area contributed by atoms with E-state index in [2.05, 4.69) is 0 Å². The van der Waals surface area contributed by atoms with Gasteiger partial charge in [0.1, 0.15) is 11.6 Å². The number of piperazine rings is 1.